The summed E-state index contributed by atoms with van der Waals surface area (Å²) >= 11 is 0. The van der Waals surface area contributed by atoms with Gasteiger partial charge in [0.05, 0.1) is 0 Å². The Hall–Kier alpha value is 0.430. The number of carboxylic acids is 1. The van der Waals surface area contributed by atoms with E-state index in [-0.39, 0.29) is 31.0 Å². The SMILES string of the molecule is CCCCCCCCCCNC(C)C(=O)O.[H-].[Na+]. The first-order valence-electron chi connectivity index (χ1n) is 6.64. The van der Waals surface area contributed by atoms with Crippen LogP contribution in [0, 0.1) is 0 Å². The number of hydrogen-bond donors (Lipinski definition) is 2. The van der Waals surface area contributed by atoms with Crippen LogP contribution in [0.5, 0.6) is 0 Å². The fourth-order valence-corrected chi connectivity index (χ4v) is 1.66. The summed E-state index contributed by atoms with van der Waals surface area (Å²) in [5.41, 5.74) is 0. The van der Waals surface area contributed by atoms with Crippen LogP contribution in [-0.4, -0.2) is 23.7 Å². The Bertz CT molecular complexity index is 182. The van der Waals surface area contributed by atoms with Crippen molar-refractivity contribution in [3.8, 4) is 0 Å². The van der Waals surface area contributed by atoms with E-state index in [1.165, 1.54) is 44.9 Å². The van der Waals surface area contributed by atoms with E-state index in [0.29, 0.717) is 0 Å². The molecule has 0 bridgehead atoms. The number of hydrogen-bond acceptors (Lipinski definition) is 2. The van der Waals surface area contributed by atoms with Crippen LogP contribution in [0.4, 0.5) is 0 Å². The second kappa shape index (κ2) is 14.5. The van der Waals surface area contributed by atoms with Crippen LogP contribution in [0.15, 0.2) is 0 Å². The zero-order chi connectivity index (χ0) is 12.2. The Morgan fingerprint density at radius 3 is 2.06 bits per heavy atom. The second-order valence-corrected chi connectivity index (χ2v) is 4.49. The number of nitrogens with one attached hydrogen (secondary N) is 1. The second-order valence-electron chi connectivity index (χ2n) is 4.49. The average Bonchev–Trinajstić information content (AvgIpc) is 2.26. The van der Waals surface area contributed by atoms with Crippen LogP contribution in [-0.2, 0) is 4.79 Å². The molecule has 0 amide bonds. The largest absolute Gasteiger partial charge is 1.00 e. The molecule has 0 aliphatic carbocycles. The quantitative estimate of drug-likeness (QED) is 0.411. The van der Waals surface area contributed by atoms with Crippen molar-refractivity contribution in [1.82, 2.24) is 5.32 Å². The van der Waals surface area contributed by atoms with Crippen LogP contribution in [0.3, 0.4) is 0 Å². The first kappa shape index (κ1) is 19.8. The van der Waals surface area contributed by atoms with Crippen molar-refractivity contribution in [2.24, 2.45) is 0 Å². The third-order valence-corrected chi connectivity index (χ3v) is 2.85. The van der Waals surface area contributed by atoms with Crippen molar-refractivity contribution in [3.63, 3.8) is 0 Å². The van der Waals surface area contributed by atoms with Gasteiger partial charge in [0.25, 0.3) is 0 Å². The van der Waals surface area contributed by atoms with Gasteiger partial charge in [-0.05, 0) is 19.9 Å². The number of unbranched alkanes of at least 4 members (excludes halogenated alkanes) is 7. The number of aliphatic carboxylic acids is 1. The fraction of sp³-hybridized carbons (Fsp3) is 0.923. The molecular formula is C13H28NNaO2. The van der Waals surface area contributed by atoms with Crippen LogP contribution in [0.2, 0.25) is 0 Å². The molecule has 0 heterocycles. The predicted octanol–water partition coefficient (Wildman–Crippen LogP) is 0.306. The van der Waals surface area contributed by atoms with E-state index in [2.05, 4.69) is 12.2 Å². The topological polar surface area (TPSA) is 49.3 Å². The van der Waals surface area contributed by atoms with Gasteiger partial charge in [0.1, 0.15) is 6.04 Å². The molecule has 0 aromatic carbocycles. The van der Waals surface area contributed by atoms with Crippen molar-refractivity contribution in [2.45, 2.75) is 71.3 Å². The molecule has 3 nitrogen and oxygen atoms in total. The molecule has 0 aliphatic rings. The molecule has 0 saturated heterocycles. The molecule has 1 unspecified atom stereocenters. The number of rotatable bonds is 11. The van der Waals surface area contributed by atoms with E-state index in [0.717, 1.165) is 13.0 Å². The summed E-state index contributed by atoms with van der Waals surface area (Å²) in [6, 6.07) is -0.412. The summed E-state index contributed by atoms with van der Waals surface area (Å²) in [5.74, 6) is -0.764. The molecule has 4 heteroatoms. The van der Waals surface area contributed by atoms with Gasteiger partial charge in [-0.25, -0.2) is 0 Å². The van der Waals surface area contributed by atoms with Crippen LogP contribution < -0.4 is 34.9 Å². The van der Waals surface area contributed by atoms with E-state index in [1.807, 2.05) is 0 Å². The molecule has 1 atom stereocenters. The van der Waals surface area contributed by atoms with E-state index in [9.17, 15) is 4.79 Å². The normalized spacial score (nSPS) is 11.9. The zero-order valence-electron chi connectivity index (χ0n) is 12.8. The average molecular weight is 253 g/mol. The van der Waals surface area contributed by atoms with E-state index in [4.69, 9.17) is 5.11 Å². The Balaban J connectivity index is -0.00000112. The summed E-state index contributed by atoms with van der Waals surface area (Å²) in [7, 11) is 0. The first-order chi connectivity index (χ1) is 7.68. The monoisotopic (exact) mass is 253 g/mol. The van der Waals surface area contributed by atoms with Crippen molar-refractivity contribution < 1.29 is 40.9 Å². The minimum Gasteiger partial charge on any atom is -1.00 e. The van der Waals surface area contributed by atoms with Crippen molar-refractivity contribution in [2.75, 3.05) is 6.54 Å². The number of carboxylic acid groups (broad SMARTS) is 1. The third-order valence-electron chi connectivity index (χ3n) is 2.85. The minimum atomic E-state index is -0.764. The maximum Gasteiger partial charge on any atom is 1.00 e. The van der Waals surface area contributed by atoms with Crippen molar-refractivity contribution in [1.29, 1.82) is 0 Å². The van der Waals surface area contributed by atoms with Crippen molar-refractivity contribution >= 4 is 5.97 Å². The summed E-state index contributed by atoms with van der Waals surface area (Å²) in [6.45, 7) is 4.74. The molecule has 17 heavy (non-hydrogen) atoms. The van der Waals surface area contributed by atoms with Gasteiger partial charge in [0.2, 0.25) is 0 Å². The molecule has 0 aromatic rings. The molecule has 0 aliphatic heterocycles. The Morgan fingerprint density at radius 2 is 1.59 bits per heavy atom. The summed E-state index contributed by atoms with van der Waals surface area (Å²) in [4.78, 5) is 10.5. The van der Waals surface area contributed by atoms with Gasteiger partial charge in [-0.15, -0.1) is 0 Å². The van der Waals surface area contributed by atoms with Crippen LogP contribution in [0.1, 0.15) is 66.6 Å². The van der Waals surface area contributed by atoms with E-state index >= 15 is 0 Å². The summed E-state index contributed by atoms with van der Waals surface area (Å²) in [5, 5.41) is 11.6. The third kappa shape index (κ3) is 14.4. The van der Waals surface area contributed by atoms with Gasteiger partial charge < -0.3 is 11.8 Å². The van der Waals surface area contributed by atoms with Gasteiger partial charge in [0, 0.05) is 0 Å². The predicted molar refractivity (Wildman–Crippen MR) is 68.8 cm³/mol. The Kier molecular flexibility index (Phi) is 16.8. The Labute approximate surface area is 130 Å². The molecule has 0 spiro atoms. The van der Waals surface area contributed by atoms with E-state index in [1.54, 1.807) is 6.92 Å². The molecule has 0 saturated carbocycles. The van der Waals surface area contributed by atoms with Gasteiger partial charge in [0.15, 0.2) is 0 Å². The molecule has 0 aromatic heterocycles. The molecular weight excluding hydrogens is 225 g/mol. The van der Waals surface area contributed by atoms with Gasteiger partial charge in [-0.2, -0.15) is 0 Å². The van der Waals surface area contributed by atoms with Crippen molar-refractivity contribution in [3.05, 3.63) is 0 Å². The molecule has 0 rings (SSSR count). The maximum absolute atomic E-state index is 10.5. The molecule has 0 radical (unpaired) electrons. The molecule has 0 fully saturated rings. The van der Waals surface area contributed by atoms with Gasteiger partial charge in [-0.3, -0.25) is 4.79 Å². The Morgan fingerprint density at radius 1 is 1.12 bits per heavy atom. The molecule has 2 N–H and O–H groups in total. The van der Waals surface area contributed by atoms with Gasteiger partial charge in [-0.1, -0.05) is 51.9 Å². The van der Waals surface area contributed by atoms with Gasteiger partial charge >= 0.3 is 35.5 Å². The smallest absolute Gasteiger partial charge is 1.00 e. The minimum absolute atomic E-state index is 0. The summed E-state index contributed by atoms with van der Waals surface area (Å²) < 4.78 is 0. The number of carbonyl (C=O) groups is 1. The molecule has 98 valence electrons. The van der Waals surface area contributed by atoms with Crippen LogP contribution >= 0.6 is 0 Å². The first-order valence-corrected chi connectivity index (χ1v) is 6.64. The zero-order valence-corrected chi connectivity index (χ0v) is 13.8. The van der Waals surface area contributed by atoms with Crippen LogP contribution in [0.25, 0.3) is 0 Å². The maximum atomic E-state index is 10.5. The fourth-order valence-electron chi connectivity index (χ4n) is 1.66. The standard InChI is InChI=1S/C13H27NO2.Na.H/c1-3-4-5-6-7-8-9-10-11-14-12(2)13(15)16;;/h12,14H,3-11H2,1-2H3,(H,15,16);;/q;+1;-1. The van der Waals surface area contributed by atoms with E-state index < -0.39 is 12.0 Å². The summed E-state index contributed by atoms with van der Waals surface area (Å²) in [6.07, 6.45) is 10.3.